The van der Waals surface area contributed by atoms with Crippen LogP contribution in [0, 0.1) is 0 Å². The molecule has 0 aromatic carbocycles. The Labute approximate surface area is 53.9 Å². The van der Waals surface area contributed by atoms with Crippen LogP contribution in [-0.2, 0) is 14.3 Å². The Morgan fingerprint density at radius 2 is 2.56 bits per heavy atom. The van der Waals surface area contributed by atoms with Gasteiger partial charge in [-0.15, -0.1) is 0 Å². The minimum absolute atomic E-state index is 0.212. The summed E-state index contributed by atoms with van der Waals surface area (Å²) >= 11 is 0. The van der Waals surface area contributed by atoms with Crippen molar-refractivity contribution >= 4 is 5.97 Å². The quantitative estimate of drug-likeness (QED) is 0.408. The van der Waals surface area contributed by atoms with E-state index in [0.717, 1.165) is 13.0 Å². The zero-order chi connectivity index (χ0) is 6.69. The number of carbonyl (C=O) groups is 1. The van der Waals surface area contributed by atoms with E-state index in [0.29, 0.717) is 12.7 Å². The molecule has 1 atom stereocenters. The molecule has 52 valence electrons. The van der Waals surface area contributed by atoms with Crippen molar-refractivity contribution in [2.45, 2.75) is 19.4 Å². The van der Waals surface area contributed by atoms with Crippen LogP contribution in [0.2, 0.25) is 0 Å². The molecule has 1 aliphatic heterocycles. The van der Waals surface area contributed by atoms with Gasteiger partial charge in [-0.25, -0.2) is 0 Å². The number of rotatable bonds is 3. The van der Waals surface area contributed by atoms with Crippen LogP contribution in [0.15, 0.2) is 0 Å². The molecule has 0 bridgehead atoms. The lowest BCUT2D eigenvalue weighted by molar-refractivity contribution is -0.141. The second kappa shape index (κ2) is 2.82. The van der Waals surface area contributed by atoms with Crippen molar-refractivity contribution in [3.8, 4) is 0 Å². The second-order valence-electron chi connectivity index (χ2n) is 2.08. The van der Waals surface area contributed by atoms with Crippen LogP contribution in [-0.4, -0.2) is 25.3 Å². The van der Waals surface area contributed by atoms with E-state index in [1.807, 2.05) is 0 Å². The Balaban J connectivity index is 1.86. The molecule has 1 fully saturated rings. The molecule has 3 heteroatoms. The van der Waals surface area contributed by atoms with Gasteiger partial charge >= 0.3 is 5.97 Å². The van der Waals surface area contributed by atoms with Crippen molar-refractivity contribution in [3.05, 3.63) is 0 Å². The first-order valence-electron chi connectivity index (χ1n) is 3.04. The minimum atomic E-state index is -0.212. The third kappa shape index (κ3) is 3.08. The normalized spacial score (nSPS) is 23.4. The van der Waals surface area contributed by atoms with E-state index >= 15 is 0 Å². The maximum atomic E-state index is 10.2. The van der Waals surface area contributed by atoms with Gasteiger partial charge in [0.1, 0.15) is 0 Å². The van der Waals surface area contributed by atoms with Gasteiger partial charge in [0.25, 0.3) is 0 Å². The van der Waals surface area contributed by atoms with E-state index in [-0.39, 0.29) is 5.97 Å². The highest BCUT2D eigenvalue weighted by molar-refractivity contribution is 5.65. The number of carbonyl (C=O) groups excluding carboxylic acids is 1. The van der Waals surface area contributed by atoms with E-state index in [4.69, 9.17) is 4.74 Å². The highest BCUT2D eigenvalue weighted by atomic mass is 16.6. The molecule has 1 heterocycles. The summed E-state index contributed by atoms with van der Waals surface area (Å²) in [5.74, 6) is -0.212. The molecule has 0 aliphatic carbocycles. The molecule has 9 heavy (non-hydrogen) atoms. The Hall–Kier alpha value is -0.570. The van der Waals surface area contributed by atoms with Gasteiger partial charge in [-0.2, -0.15) is 0 Å². The molecule has 1 saturated heterocycles. The molecule has 0 spiro atoms. The summed E-state index contributed by atoms with van der Waals surface area (Å²) in [6.45, 7) is 2.75. The van der Waals surface area contributed by atoms with E-state index in [2.05, 4.69) is 4.74 Å². The fourth-order valence-corrected chi connectivity index (χ4v) is 0.569. The lowest BCUT2D eigenvalue weighted by Gasteiger charge is -1.96. The van der Waals surface area contributed by atoms with Crippen LogP contribution in [0.5, 0.6) is 0 Å². The van der Waals surface area contributed by atoms with E-state index in [1.165, 1.54) is 6.92 Å². The van der Waals surface area contributed by atoms with Crippen molar-refractivity contribution in [1.29, 1.82) is 0 Å². The average Bonchev–Trinajstić information content (AvgIpc) is 2.48. The van der Waals surface area contributed by atoms with E-state index < -0.39 is 0 Å². The van der Waals surface area contributed by atoms with Crippen molar-refractivity contribution in [2.75, 3.05) is 13.2 Å². The monoisotopic (exact) mass is 130 g/mol. The SMILES string of the molecule is CC(=O)OCC[C@@H]1CO1. The average molecular weight is 130 g/mol. The molecule has 0 aromatic rings. The first-order chi connectivity index (χ1) is 4.29. The minimum Gasteiger partial charge on any atom is -0.466 e. The molecular formula is C6H10O3. The van der Waals surface area contributed by atoms with Crippen LogP contribution < -0.4 is 0 Å². The highest BCUT2D eigenvalue weighted by Crippen LogP contribution is 2.12. The predicted molar refractivity (Wildman–Crippen MR) is 31.0 cm³/mol. The highest BCUT2D eigenvalue weighted by Gasteiger charge is 2.21. The van der Waals surface area contributed by atoms with Crippen LogP contribution in [0.4, 0.5) is 0 Å². The van der Waals surface area contributed by atoms with Gasteiger partial charge in [-0.1, -0.05) is 0 Å². The molecule has 1 rings (SSSR count). The topological polar surface area (TPSA) is 38.8 Å². The second-order valence-corrected chi connectivity index (χ2v) is 2.08. The molecule has 0 aromatic heterocycles. The molecule has 1 aliphatic rings. The Kier molecular flexibility index (Phi) is 2.05. The molecule has 0 saturated carbocycles. The lowest BCUT2D eigenvalue weighted by Crippen LogP contribution is -2.02. The van der Waals surface area contributed by atoms with Gasteiger partial charge in [0.15, 0.2) is 0 Å². The third-order valence-electron chi connectivity index (χ3n) is 1.15. The number of ether oxygens (including phenoxy) is 2. The lowest BCUT2D eigenvalue weighted by atomic mass is 10.3. The summed E-state index contributed by atoms with van der Waals surface area (Å²) < 4.78 is 9.57. The van der Waals surface area contributed by atoms with Gasteiger partial charge in [-0.3, -0.25) is 4.79 Å². The van der Waals surface area contributed by atoms with E-state index in [1.54, 1.807) is 0 Å². The summed E-state index contributed by atoms with van der Waals surface area (Å²) in [7, 11) is 0. The molecular weight excluding hydrogens is 120 g/mol. The predicted octanol–water partition coefficient (Wildman–Crippen LogP) is 0.338. The molecule has 0 N–H and O–H groups in total. The van der Waals surface area contributed by atoms with Gasteiger partial charge in [0.2, 0.25) is 0 Å². The van der Waals surface area contributed by atoms with Crippen LogP contribution in [0.25, 0.3) is 0 Å². The number of hydrogen-bond acceptors (Lipinski definition) is 3. The van der Waals surface area contributed by atoms with Crippen molar-refractivity contribution < 1.29 is 14.3 Å². The maximum Gasteiger partial charge on any atom is 0.302 e. The largest absolute Gasteiger partial charge is 0.466 e. The van der Waals surface area contributed by atoms with Crippen molar-refractivity contribution in [2.24, 2.45) is 0 Å². The van der Waals surface area contributed by atoms with Crippen molar-refractivity contribution in [1.82, 2.24) is 0 Å². The summed E-state index contributed by atoms with van der Waals surface area (Å²) in [4.78, 5) is 10.2. The zero-order valence-corrected chi connectivity index (χ0v) is 5.42. The van der Waals surface area contributed by atoms with Gasteiger partial charge in [0, 0.05) is 13.3 Å². The number of hydrogen-bond donors (Lipinski definition) is 0. The number of epoxide rings is 1. The summed E-state index contributed by atoms with van der Waals surface area (Å²) in [5.41, 5.74) is 0. The third-order valence-corrected chi connectivity index (χ3v) is 1.15. The first-order valence-corrected chi connectivity index (χ1v) is 3.04. The Bertz CT molecular complexity index is 107. The summed E-state index contributed by atoms with van der Waals surface area (Å²) in [5, 5.41) is 0. The van der Waals surface area contributed by atoms with Gasteiger partial charge in [0.05, 0.1) is 19.3 Å². The summed E-state index contributed by atoms with van der Waals surface area (Å²) in [6.07, 6.45) is 1.21. The van der Waals surface area contributed by atoms with Gasteiger partial charge in [-0.05, 0) is 0 Å². The van der Waals surface area contributed by atoms with E-state index in [9.17, 15) is 4.79 Å². The first kappa shape index (κ1) is 6.55. The molecule has 3 nitrogen and oxygen atoms in total. The summed E-state index contributed by atoms with van der Waals surface area (Å²) in [6, 6.07) is 0. The molecule has 0 unspecified atom stereocenters. The fraction of sp³-hybridized carbons (Fsp3) is 0.833. The standard InChI is InChI=1S/C6H10O3/c1-5(7)8-3-2-6-4-9-6/h6H,2-4H2,1H3/t6-/m1/s1. The zero-order valence-electron chi connectivity index (χ0n) is 5.42. The smallest absolute Gasteiger partial charge is 0.302 e. The van der Waals surface area contributed by atoms with Crippen LogP contribution in [0.3, 0.4) is 0 Å². The fourth-order valence-electron chi connectivity index (χ4n) is 0.569. The molecule has 0 amide bonds. The number of esters is 1. The Morgan fingerprint density at radius 3 is 3.00 bits per heavy atom. The van der Waals surface area contributed by atoms with Crippen LogP contribution in [0.1, 0.15) is 13.3 Å². The van der Waals surface area contributed by atoms with Crippen molar-refractivity contribution in [3.63, 3.8) is 0 Å². The van der Waals surface area contributed by atoms with Crippen LogP contribution >= 0.6 is 0 Å². The maximum absolute atomic E-state index is 10.2. The molecule has 0 radical (unpaired) electrons. The Morgan fingerprint density at radius 1 is 1.89 bits per heavy atom. The van der Waals surface area contributed by atoms with Gasteiger partial charge < -0.3 is 9.47 Å².